The quantitative estimate of drug-likeness (QED) is 0.792. The number of nitrogens with two attached hydrogens (primary N) is 1. The average Bonchev–Trinajstić information content (AvgIpc) is 2.86. The van der Waals surface area contributed by atoms with Crippen LogP contribution in [0, 0.1) is 11.3 Å². The van der Waals surface area contributed by atoms with Gasteiger partial charge < -0.3 is 14.9 Å². The fourth-order valence-electron chi connectivity index (χ4n) is 2.04. The molecule has 0 unspecified atom stereocenters. The molecule has 0 bridgehead atoms. The molecular weight excluding hydrogens is 266 g/mol. The second kappa shape index (κ2) is 5.27. The van der Waals surface area contributed by atoms with Crippen molar-refractivity contribution in [3.8, 4) is 17.6 Å². The SMILES string of the molecule is C[C@H](N)c1ccc(Oc2c(C#N)oc3ccccc23)cn1. The van der Waals surface area contributed by atoms with Crippen molar-refractivity contribution in [2.24, 2.45) is 5.73 Å². The highest BCUT2D eigenvalue weighted by atomic mass is 16.5. The largest absolute Gasteiger partial charge is 0.450 e. The first-order valence-corrected chi connectivity index (χ1v) is 6.50. The minimum absolute atomic E-state index is 0.136. The summed E-state index contributed by atoms with van der Waals surface area (Å²) in [6.07, 6.45) is 1.58. The summed E-state index contributed by atoms with van der Waals surface area (Å²) < 4.78 is 11.2. The lowest BCUT2D eigenvalue weighted by Gasteiger charge is -2.07. The van der Waals surface area contributed by atoms with Gasteiger partial charge in [-0.05, 0) is 31.2 Å². The van der Waals surface area contributed by atoms with E-state index in [4.69, 9.17) is 20.1 Å². The molecular formula is C16H13N3O2. The monoisotopic (exact) mass is 279 g/mol. The number of furan rings is 1. The summed E-state index contributed by atoms with van der Waals surface area (Å²) in [4.78, 5) is 4.23. The highest BCUT2D eigenvalue weighted by molar-refractivity contribution is 5.86. The number of ether oxygens (including phenoxy) is 1. The van der Waals surface area contributed by atoms with E-state index in [9.17, 15) is 0 Å². The van der Waals surface area contributed by atoms with Crippen molar-refractivity contribution in [3.05, 3.63) is 54.0 Å². The number of pyridine rings is 1. The van der Waals surface area contributed by atoms with Crippen LogP contribution in [0.25, 0.3) is 11.0 Å². The summed E-state index contributed by atoms with van der Waals surface area (Å²) in [5.41, 5.74) is 7.15. The Hall–Kier alpha value is -2.84. The Kier molecular flexibility index (Phi) is 3.30. The molecule has 0 spiro atoms. The van der Waals surface area contributed by atoms with Crippen molar-refractivity contribution in [1.29, 1.82) is 5.26 Å². The molecule has 0 saturated heterocycles. The second-order valence-electron chi connectivity index (χ2n) is 4.68. The maximum Gasteiger partial charge on any atom is 0.247 e. The van der Waals surface area contributed by atoms with Gasteiger partial charge in [-0.25, -0.2) is 0 Å². The fourth-order valence-corrected chi connectivity index (χ4v) is 2.04. The predicted molar refractivity (Wildman–Crippen MR) is 77.8 cm³/mol. The molecule has 0 aliphatic heterocycles. The number of hydrogen-bond donors (Lipinski definition) is 1. The number of fused-ring (bicyclic) bond motifs is 1. The van der Waals surface area contributed by atoms with E-state index in [1.165, 1.54) is 0 Å². The highest BCUT2D eigenvalue weighted by Crippen LogP contribution is 2.35. The Morgan fingerprint density at radius 3 is 2.76 bits per heavy atom. The number of nitriles is 1. The molecule has 0 amide bonds. The maximum absolute atomic E-state index is 9.16. The summed E-state index contributed by atoms with van der Waals surface area (Å²) >= 11 is 0. The molecule has 0 fully saturated rings. The van der Waals surface area contributed by atoms with E-state index >= 15 is 0 Å². The van der Waals surface area contributed by atoms with Crippen molar-refractivity contribution in [1.82, 2.24) is 4.98 Å². The first kappa shape index (κ1) is 13.2. The van der Waals surface area contributed by atoms with E-state index < -0.39 is 0 Å². The third kappa shape index (κ3) is 2.45. The smallest absolute Gasteiger partial charge is 0.247 e. The molecule has 2 aromatic heterocycles. The number of benzene rings is 1. The van der Waals surface area contributed by atoms with Crippen LogP contribution < -0.4 is 10.5 Å². The van der Waals surface area contributed by atoms with Gasteiger partial charge >= 0.3 is 0 Å². The molecule has 2 heterocycles. The molecule has 5 heteroatoms. The van der Waals surface area contributed by atoms with E-state index in [-0.39, 0.29) is 11.8 Å². The molecule has 0 radical (unpaired) electrons. The van der Waals surface area contributed by atoms with Crippen LogP contribution >= 0.6 is 0 Å². The van der Waals surface area contributed by atoms with Crippen molar-refractivity contribution >= 4 is 11.0 Å². The third-order valence-corrected chi connectivity index (χ3v) is 3.10. The topological polar surface area (TPSA) is 85.1 Å². The third-order valence-electron chi connectivity index (χ3n) is 3.10. The van der Waals surface area contributed by atoms with E-state index in [0.717, 1.165) is 11.1 Å². The Morgan fingerprint density at radius 2 is 2.10 bits per heavy atom. The highest BCUT2D eigenvalue weighted by Gasteiger charge is 2.16. The minimum atomic E-state index is -0.136. The van der Waals surface area contributed by atoms with Gasteiger partial charge in [0.05, 0.1) is 17.3 Å². The molecule has 2 N–H and O–H groups in total. The Labute approximate surface area is 121 Å². The first-order chi connectivity index (χ1) is 10.2. The first-order valence-electron chi connectivity index (χ1n) is 6.50. The lowest BCUT2D eigenvalue weighted by atomic mass is 10.2. The van der Waals surface area contributed by atoms with Crippen molar-refractivity contribution in [2.45, 2.75) is 13.0 Å². The number of nitrogens with zero attached hydrogens (tertiary/aromatic N) is 2. The van der Waals surface area contributed by atoms with Crippen LogP contribution in [0.5, 0.6) is 11.5 Å². The van der Waals surface area contributed by atoms with Crippen molar-refractivity contribution < 1.29 is 9.15 Å². The van der Waals surface area contributed by atoms with E-state index in [0.29, 0.717) is 17.1 Å². The Balaban J connectivity index is 1.99. The molecule has 104 valence electrons. The molecule has 5 nitrogen and oxygen atoms in total. The zero-order chi connectivity index (χ0) is 14.8. The van der Waals surface area contributed by atoms with Crippen LogP contribution in [0.3, 0.4) is 0 Å². The van der Waals surface area contributed by atoms with E-state index in [1.807, 2.05) is 31.2 Å². The number of para-hydroxylation sites is 1. The Bertz CT molecular complexity index is 814. The molecule has 3 aromatic rings. The van der Waals surface area contributed by atoms with E-state index in [2.05, 4.69) is 4.98 Å². The number of aromatic nitrogens is 1. The van der Waals surface area contributed by atoms with Crippen LogP contribution in [0.15, 0.2) is 47.0 Å². The summed E-state index contributed by atoms with van der Waals surface area (Å²) in [6, 6.07) is 12.8. The van der Waals surface area contributed by atoms with Crippen molar-refractivity contribution in [2.75, 3.05) is 0 Å². The van der Waals surface area contributed by atoms with Gasteiger partial charge in [-0.2, -0.15) is 5.26 Å². The zero-order valence-electron chi connectivity index (χ0n) is 11.4. The number of hydrogen-bond acceptors (Lipinski definition) is 5. The second-order valence-corrected chi connectivity index (χ2v) is 4.68. The van der Waals surface area contributed by atoms with Gasteiger partial charge in [-0.1, -0.05) is 12.1 Å². The van der Waals surface area contributed by atoms with Crippen molar-refractivity contribution in [3.63, 3.8) is 0 Å². The van der Waals surface area contributed by atoms with Crippen LogP contribution in [-0.4, -0.2) is 4.98 Å². The molecule has 0 saturated carbocycles. The maximum atomic E-state index is 9.16. The van der Waals surface area contributed by atoms with Gasteiger partial charge in [0.1, 0.15) is 17.4 Å². The summed E-state index contributed by atoms with van der Waals surface area (Å²) in [5, 5.41) is 9.91. The molecule has 3 rings (SSSR count). The molecule has 0 aliphatic carbocycles. The summed E-state index contributed by atoms with van der Waals surface area (Å²) in [7, 11) is 0. The molecule has 1 atom stereocenters. The van der Waals surface area contributed by atoms with Gasteiger partial charge in [-0.15, -0.1) is 0 Å². The van der Waals surface area contributed by atoms with E-state index in [1.54, 1.807) is 24.4 Å². The number of rotatable bonds is 3. The average molecular weight is 279 g/mol. The van der Waals surface area contributed by atoms with Gasteiger partial charge in [-0.3, -0.25) is 4.98 Å². The van der Waals surface area contributed by atoms with Crippen LogP contribution in [0.4, 0.5) is 0 Å². The normalized spacial score (nSPS) is 12.0. The summed E-state index contributed by atoms with van der Waals surface area (Å²) in [5.74, 6) is 1.08. The van der Waals surface area contributed by atoms with Gasteiger partial charge in [0.25, 0.3) is 0 Å². The predicted octanol–water partition coefficient (Wildman–Crippen LogP) is 3.51. The zero-order valence-corrected chi connectivity index (χ0v) is 11.4. The van der Waals surface area contributed by atoms with Gasteiger partial charge in [0.2, 0.25) is 5.76 Å². The molecule has 0 aliphatic rings. The van der Waals surface area contributed by atoms with Gasteiger partial charge in [0.15, 0.2) is 5.75 Å². The molecule has 1 aromatic carbocycles. The van der Waals surface area contributed by atoms with Crippen LogP contribution in [-0.2, 0) is 0 Å². The standard InChI is InChI=1S/C16H13N3O2/c1-10(18)13-7-6-11(9-19-13)20-16-12-4-2-3-5-14(12)21-15(16)8-17/h2-7,9-10H,18H2,1H3/t10-/m0/s1. The lowest BCUT2D eigenvalue weighted by molar-refractivity contribution is 0.464. The minimum Gasteiger partial charge on any atom is -0.450 e. The van der Waals surface area contributed by atoms with Gasteiger partial charge in [0, 0.05) is 6.04 Å². The lowest BCUT2D eigenvalue weighted by Crippen LogP contribution is -2.06. The Morgan fingerprint density at radius 1 is 1.29 bits per heavy atom. The fraction of sp³-hybridized carbons (Fsp3) is 0.125. The summed E-state index contributed by atoms with van der Waals surface area (Å²) in [6.45, 7) is 1.86. The molecule has 21 heavy (non-hydrogen) atoms. The van der Waals surface area contributed by atoms with Crippen LogP contribution in [0.1, 0.15) is 24.4 Å². The van der Waals surface area contributed by atoms with Crippen LogP contribution in [0.2, 0.25) is 0 Å².